The molecule has 0 aliphatic heterocycles. The molecular weight excluding hydrogens is 556 g/mol. The van der Waals surface area contributed by atoms with Gasteiger partial charge in [-0.25, -0.2) is 9.99 Å². The van der Waals surface area contributed by atoms with Gasteiger partial charge in [-0.15, -0.1) is 0 Å². The van der Waals surface area contributed by atoms with Gasteiger partial charge in [-0.05, 0) is 55.0 Å². The second-order valence-electron chi connectivity index (χ2n) is 12.2. The summed E-state index contributed by atoms with van der Waals surface area (Å²) in [5.74, 6) is -0.577. The van der Waals surface area contributed by atoms with E-state index in [2.05, 4.69) is 57.4 Å². The van der Waals surface area contributed by atoms with E-state index in [0.29, 0.717) is 16.0 Å². The van der Waals surface area contributed by atoms with E-state index in [-0.39, 0.29) is 11.8 Å². The van der Waals surface area contributed by atoms with Crippen LogP contribution in [0.4, 0.5) is 5.13 Å². The van der Waals surface area contributed by atoms with Crippen molar-refractivity contribution in [1.29, 1.82) is 0 Å². The zero-order valence-electron chi connectivity index (χ0n) is 27.6. The van der Waals surface area contributed by atoms with Gasteiger partial charge in [0.1, 0.15) is 0 Å². The summed E-state index contributed by atoms with van der Waals surface area (Å²) in [6.07, 6.45) is 7.91. The smallest absolute Gasteiger partial charge is 0.280 e. The van der Waals surface area contributed by atoms with Crippen molar-refractivity contribution in [2.24, 2.45) is 5.41 Å². The third-order valence-corrected chi connectivity index (χ3v) is 9.02. The lowest BCUT2D eigenvalue weighted by molar-refractivity contribution is -0.127. The van der Waals surface area contributed by atoms with Crippen LogP contribution in [0, 0.1) is 12.3 Å². The van der Waals surface area contributed by atoms with Gasteiger partial charge in [0, 0.05) is 36.7 Å². The first-order valence-electron chi connectivity index (χ1n) is 15.6. The Kier molecular flexibility index (Phi) is 11.4. The molecule has 0 bridgehead atoms. The lowest BCUT2D eigenvalue weighted by Gasteiger charge is -2.28. The number of thiazole rings is 1. The van der Waals surface area contributed by atoms with Crippen LogP contribution in [0.2, 0.25) is 0 Å². The first-order chi connectivity index (χ1) is 20.3. The fraction of sp³-hybridized carbons (Fsp3) is 0.514. The van der Waals surface area contributed by atoms with Crippen molar-refractivity contribution in [2.45, 2.75) is 93.9 Å². The molecule has 0 aliphatic carbocycles. The predicted molar refractivity (Wildman–Crippen MR) is 182 cm³/mol. The number of aromatic hydroxyl groups is 1. The van der Waals surface area contributed by atoms with E-state index >= 15 is 0 Å². The monoisotopic (exact) mass is 606 g/mol. The summed E-state index contributed by atoms with van der Waals surface area (Å²) in [6.45, 7) is 21.8. The fourth-order valence-corrected chi connectivity index (χ4v) is 6.32. The summed E-state index contributed by atoms with van der Waals surface area (Å²) in [6, 6.07) is 6.41. The third-order valence-electron chi connectivity index (χ3n) is 7.96. The van der Waals surface area contributed by atoms with Crippen LogP contribution in [0.15, 0.2) is 23.0 Å². The molecule has 8 heteroatoms. The van der Waals surface area contributed by atoms with E-state index in [9.17, 15) is 14.7 Å². The van der Waals surface area contributed by atoms with Gasteiger partial charge >= 0.3 is 0 Å². The summed E-state index contributed by atoms with van der Waals surface area (Å²) in [5.41, 5.74) is 3.61. The summed E-state index contributed by atoms with van der Waals surface area (Å²) in [4.78, 5) is 35.8. The molecule has 3 aromatic rings. The average Bonchev–Trinajstić information content (AvgIpc) is 3.39. The molecule has 0 saturated heterocycles. The SMILES string of the molecule is C=c1c(C)c(O)n(N(C)C(=O)C(C)(C)C)c(=O)/c1=C\c1sc(N(CCCC)CCCC)nc1-c1c(CC)cccc1CC. The number of pyridine rings is 1. The molecule has 1 aromatic carbocycles. The summed E-state index contributed by atoms with van der Waals surface area (Å²) < 4.78 is 1.07. The molecule has 3 rings (SSSR count). The highest BCUT2D eigenvalue weighted by Crippen LogP contribution is 2.38. The van der Waals surface area contributed by atoms with E-state index < -0.39 is 11.0 Å². The number of hydrogen-bond donors (Lipinski definition) is 1. The maximum absolute atomic E-state index is 14.1. The lowest BCUT2D eigenvalue weighted by atomic mass is 9.94. The normalized spacial score (nSPS) is 12.2. The van der Waals surface area contributed by atoms with Gasteiger partial charge in [-0.1, -0.05) is 97.4 Å². The molecular formula is C35H50N4O3S. The average molecular weight is 607 g/mol. The predicted octanol–water partition coefficient (Wildman–Crippen LogP) is 5.90. The number of carbonyl (C=O) groups excluding carboxylic acids is 1. The topological polar surface area (TPSA) is 78.7 Å². The van der Waals surface area contributed by atoms with Gasteiger partial charge in [0.15, 0.2) is 5.13 Å². The highest BCUT2D eigenvalue weighted by molar-refractivity contribution is 7.16. The Balaban J connectivity index is 2.43. The molecule has 0 saturated carbocycles. The maximum atomic E-state index is 14.1. The van der Waals surface area contributed by atoms with Gasteiger partial charge in [-0.3, -0.25) is 9.59 Å². The van der Waals surface area contributed by atoms with Crippen LogP contribution in [0.1, 0.15) is 95.7 Å². The largest absolute Gasteiger partial charge is 0.493 e. The van der Waals surface area contributed by atoms with Crippen molar-refractivity contribution in [2.75, 3.05) is 30.0 Å². The highest BCUT2D eigenvalue weighted by atomic mass is 32.1. The minimum absolute atomic E-state index is 0.285. The quantitative estimate of drug-likeness (QED) is 0.278. The van der Waals surface area contributed by atoms with Crippen LogP contribution in [-0.2, 0) is 17.6 Å². The zero-order chi connectivity index (χ0) is 32.1. The highest BCUT2D eigenvalue weighted by Gasteiger charge is 2.29. The fourth-order valence-electron chi connectivity index (χ4n) is 5.25. The maximum Gasteiger partial charge on any atom is 0.280 e. The molecule has 1 amide bonds. The number of anilines is 1. The Hall–Kier alpha value is -3.39. The Morgan fingerprint density at radius 2 is 1.63 bits per heavy atom. The Labute approximate surface area is 261 Å². The molecule has 0 radical (unpaired) electrons. The second kappa shape index (κ2) is 14.4. The van der Waals surface area contributed by atoms with E-state index in [1.165, 1.54) is 23.2 Å². The van der Waals surface area contributed by atoms with Crippen molar-refractivity contribution in [1.82, 2.24) is 9.66 Å². The standard InChI is InChI=1S/C35H50N4O3S/c1-11-15-20-38(21-16-12-2)34-36-30(29-25(13-3)18-17-19-26(29)14-4)28(43-34)22-27-23(5)24(6)31(40)39(32(27)41)37(10)33(42)35(7,8)9/h17-19,22,40H,5,11-16,20-21H2,1-4,6-10H3/b27-22-. The van der Waals surface area contributed by atoms with Crippen LogP contribution in [-0.4, -0.2) is 40.8 Å². The molecule has 0 atom stereocenters. The second-order valence-corrected chi connectivity index (χ2v) is 13.3. The Morgan fingerprint density at radius 3 is 2.12 bits per heavy atom. The Morgan fingerprint density at radius 1 is 1.07 bits per heavy atom. The van der Waals surface area contributed by atoms with Crippen LogP contribution in [0.25, 0.3) is 23.9 Å². The molecule has 43 heavy (non-hydrogen) atoms. The van der Waals surface area contributed by atoms with E-state index in [0.717, 1.165) is 77.6 Å². The van der Waals surface area contributed by atoms with Gasteiger partial charge in [-0.2, -0.15) is 4.68 Å². The number of carbonyl (C=O) groups is 1. The molecule has 234 valence electrons. The number of aryl methyl sites for hydroxylation is 2. The van der Waals surface area contributed by atoms with E-state index in [1.54, 1.807) is 39.0 Å². The molecule has 0 aliphatic rings. The van der Waals surface area contributed by atoms with Gasteiger partial charge in [0.2, 0.25) is 11.8 Å². The summed E-state index contributed by atoms with van der Waals surface area (Å²) in [5, 5.41) is 14.0. The minimum atomic E-state index is -0.748. The third kappa shape index (κ3) is 7.23. The number of hydrogen-bond acceptors (Lipinski definition) is 6. The molecule has 7 nitrogen and oxygen atoms in total. The lowest BCUT2D eigenvalue weighted by Crippen LogP contribution is -2.55. The number of nitrogens with zero attached hydrogens (tertiary/aromatic N) is 4. The van der Waals surface area contributed by atoms with Gasteiger partial charge in [0.25, 0.3) is 5.56 Å². The van der Waals surface area contributed by atoms with Crippen LogP contribution < -0.4 is 25.9 Å². The molecule has 0 unspecified atom stereocenters. The molecule has 2 heterocycles. The first kappa shape index (κ1) is 34.1. The first-order valence-corrected chi connectivity index (χ1v) is 16.4. The van der Waals surface area contributed by atoms with Crippen molar-refractivity contribution < 1.29 is 9.90 Å². The van der Waals surface area contributed by atoms with Crippen molar-refractivity contribution >= 4 is 35.0 Å². The molecule has 0 fully saturated rings. The van der Waals surface area contributed by atoms with Crippen LogP contribution >= 0.6 is 11.3 Å². The molecule has 2 aromatic heterocycles. The van der Waals surface area contributed by atoms with Gasteiger partial charge < -0.3 is 10.0 Å². The number of benzene rings is 1. The van der Waals surface area contributed by atoms with Crippen molar-refractivity contribution in [3.63, 3.8) is 0 Å². The Bertz CT molecular complexity index is 1580. The summed E-state index contributed by atoms with van der Waals surface area (Å²) in [7, 11) is 1.52. The van der Waals surface area contributed by atoms with Crippen molar-refractivity contribution in [3.8, 4) is 17.1 Å². The van der Waals surface area contributed by atoms with E-state index in [1.807, 2.05) is 6.08 Å². The number of amides is 1. The molecule has 0 spiro atoms. The number of rotatable bonds is 12. The van der Waals surface area contributed by atoms with Gasteiger partial charge in [0.05, 0.1) is 15.8 Å². The van der Waals surface area contributed by atoms with Crippen LogP contribution in [0.3, 0.4) is 0 Å². The summed E-state index contributed by atoms with van der Waals surface area (Å²) >= 11 is 1.59. The van der Waals surface area contributed by atoms with Crippen molar-refractivity contribution in [3.05, 3.63) is 60.6 Å². The number of unbranched alkanes of at least 4 members (excludes halogenated alkanes) is 2. The minimum Gasteiger partial charge on any atom is -0.493 e. The number of aromatic nitrogens is 2. The van der Waals surface area contributed by atoms with E-state index in [4.69, 9.17) is 4.98 Å². The zero-order valence-corrected chi connectivity index (χ0v) is 28.5. The van der Waals surface area contributed by atoms with Crippen LogP contribution in [0.5, 0.6) is 5.88 Å². The molecule has 1 N–H and O–H groups in total.